The number of aromatic nitrogens is 2. The second kappa shape index (κ2) is 7.72. The van der Waals surface area contributed by atoms with Crippen LogP contribution in [-0.4, -0.2) is 28.8 Å². The van der Waals surface area contributed by atoms with Crippen molar-refractivity contribution in [3.8, 4) is 0 Å². The predicted octanol–water partition coefficient (Wildman–Crippen LogP) is 1.98. The van der Waals surface area contributed by atoms with Crippen molar-refractivity contribution in [1.82, 2.24) is 20.4 Å². The molecule has 0 unspecified atom stereocenters. The first kappa shape index (κ1) is 18.4. The zero-order valence-electron chi connectivity index (χ0n) is 13.0. The van der Waals surface area contributed by atoms with Crippen LogP contribution in [0.15, 0.2) is 36.7 Å². The SMILES string of the molecule is Cl.O=C(NCc1cc(F)ccc1F)C1(n2cccn2)CCNCC1. The summed E-state index contributed by atoms with van der Waals surface area (Å²) in [4.78, 5) is 12.8. The fraction of sp³-hybridized carbons (Fsp3) is 0.375. The average molecular weight is 357 g/mol. The van der Waals surface area contributed by atoms with Gasteiger partial charge < -0.3 is 10.6 Å². The van der Waals surface area contributed by atoms with E-state index in [0.717, 1.165) is 18.2 Å². The molecule has 130 valence electrons. The first-order valence-corrected chi connectivity index (χ1v) is 7.55. The van der Waals surface area contributed by atoms with Crippen molar-refractivity contribution in [2.45, 2.75) is 24.9 Å². The number of carbonyl (C=O) groups excluding carboxylic acids is 1. The van der Waals surface area contributed by atoms with E-state index in [4.69, 9.17) is 0 Å². The van der Waals surface area contributed by atoms with Crippen LogP contribution in [-0.2, 0) is 16.9 Å². The monoisotopic (exact) mass is 356 g/mol. The zero-order chi connectivity index (χ0) is 16.3. The Labute approximate surface area is 144 Å². The Hall–Kier alpha value is -1.99. The number of nitrogens with zero attached hydrogens (tertiary/aromatic N) is 2. The van der Waals surface area contributed by atoms with Gasteiger partial charge in [-0.2, -0.15) is 5.10 Å². The standard InChI is InChI=1S/C16H18F2N4O.ClH/c17-13-2-3-14(18)12(10-13)11-20-15(23)16(4-7-19-8-5-16)22-9-1-6-21-22;/h1-3,6,9-10,19H,4-5,7-8,11H2,(H,20,23);1H. The molecule has 0 radical (unpaired) electrons. The molecule has 2 heterocycles. The minimum Gasteiger partial charge on any atom is -0.350 e. The third-order valence-corrected chi connectivity index (χ3v) is 4.24. The lowest BCUT2D eigenvalue weighted by Crippen LogP contribution is -2.54. The van der Waals surface area contributed by atoms with E-state index in [0.29, 0.717) is 25.9 Å². The summed E-state index contributed by atoms with van der Waals surface area (Å²) in [5.41, 5.74) is -0.665. The smallest absolute Gasteiger partial charge is 0.248 e. The van der Waals surface area contributed by atoms with Gasteiger partial charge in [-0.3, -0.25) is 9.48 Å². The summed E-state index contributed by atoms with van der Waals surface area (Å²) in [7, 11) is 0. The highest BCUT2D eigenvalue weighted by atomic mass is 35.5. The average Bonchev–Trinajstić information content (AvgIpc) is 3.11. The van der Waals surface area contributed by atoms with Crippen LogP contribution in [0.2, 0.25) is 0 Å². The molecule has 1 aromatic heterocycles. The molecule has 0 saturated carbocycles. The van der Waals surface area contributed by atoms with E-state index in [2.05, 4.69) is 15.7 Å². The van der Waals surface area contributed by atoms with Crippen molar-refractivity contribution < 1.29 is 13.6 Å². The Balaban J connectivity index is 0.00000208. The van der Waals surface area contributed by atoms with Crippen molar-refractivity contribution in [3.05, 3.63) is 53.9 Å². The first-order valence-electron chi connectivity index (χ1n) is 7.55. The quantitative estimate of drug-likeness (QED) is 0.880. The summed E-state index contributed by atoms with van der Waals surface area (Å²) in [6.45, 7) is 1.34. The molecule has 1 aliphatic rings. The zero-order valence-corrected chi connectivity index (χ0v) is 13.8. The van der Waals surface area contributed by atoms with Gasteiger partial charge in [-0.25, -0.2) is 8.78 Å². The molecule has 0 bridgehead atoms. The van der Waals surface area contributed by atoms with Crippen LogP contribution in [0.1, 0.15) is 18.4 Å². The maximum absolute atomic E-state index is 13.7. The third kappa shape index (κ3) is 3.57. The Morgan fingerprint density at radius 2 is 2.08 bits per heavy atom. The van der Waals surface area contributed by atoms with Crippen molar-refractivity contribution in [1.29, 1.82) is 0 Å². The minimum atomic E-state index is -0.793. The molecule has 1 aromatic carbocycles. The molecule has 5 nitrogen and oxygen atoms in total. The molecule has 8 heteroatoms. The number of hydrogen-bond acceptors (Lipinski definition) is 3. The molecule has 1 fully saturated rings. The lowest BCUT2D eigenvalue weighted by Gasteiger charge is -2.36. The van der Waals surface area contributed by atoms with E-state index >= 15 is 0 Å². The third-order valence-electron chi connectivity index (χ3n) is 4.24. The number of benzene rings is 1. The minimum absolute atomic E-state index is 0. The van der Waals surface area contributed by atoms with Crippen LogP contribution in [0, 0.1) is 11.6 Å². The second-order valence-corrected chi connectivity index (χ2v) is 5.65. The Kier molecular flexibility index (Phi) is 5.90. The largest absolute Gasteiger partial charge is 0.350 e. The topological polar surface area (TPSA) is 59.0 Å². The molecule has 0 spiro atoms. The van der Waals surface area contributed by atoms with Crippen molar-refractivity contribution in [2.24, 2.45) is 0 Å². The summed E-state index contributed by atoms with van der Waals surface area (Å²) in [6.07, 6.45) is 4.56. The van der Waals surface area contributed by atoms with Gasteiger partial charge in [0.1, 0.15) is 17.2 Å². The molecular weight excluding hydrogens is 338 g/mol. The van der Waals surface area contributed by atoms with Crippen molar-refractivity contribution in [3.63, 3.8) is 0 Å². The van der Waals surface area contributed by atoms with E-state index < -0.39 is 17.2 Å². The summed E-state index contributed by atoms with van der Waals surface area (Å²) >= 11 is 0. The fourth-order valence-electron chi connectivity index (χ4n) is 2.94. The predicted molar refractivity (Wildman–Crippen MR) is 87.8 cm³/mol. The van der Waals surface area contributed by atoms with Gasteiger partial charge in [-0.15, -0.1) is 12.4 Å². The number of piperidine rings is 1. The van der Waals surface area contributed by atoms with Crippen LogP contribution in [0.4, 0.5) is 8.78 Å². The van der Waals surface area contributed by atoms with Gasteiger partial charge in [0.15, 0.2) is 0 Å². The van der Waals surface area contributed by atoms with Crippen molar-refractivity contribution >= 4 is 18.3 Å². The molecule has 0 atom stereocenters. The maximum Gasteiger partial charge on any atom is 0.248 e. The van der Waals surface area contributed by atoms with Gasteiger partial charge in [0.05, 0.1) is 0 Å². The van der Waals surface area contributed by atoms with Crippen LogP contribution >= 0.6 is 12.4 Å². The molecule has 24 heavy (non-hydrogen) atoms. The molecule has 3 rings (SSSR count). The Morgan fingerprint density at radius 3 is 2.75 bits per heavy atom. The molecule has 1 aliphatic heterocycles. The number of rotatable bonds is 4. The number of halogens is 3. The van der Waals surface area contributed by atoms with Crippen molar-refractivity contribution in [2.75, 3.05) is 13.1 Å². The Bertz CT molecular complexity index is 687. The number of amides is 1. The molecular formula is C16H19ClF2N4O. The summed E-state index contributed by atoms with van der Waals surface area (Å²) in [5.74, 6) is -1.30. The molecule has 2 N–H and O–H groups in total. The lowest BCUT2D eigenvalue weighted by molar-refractivity contribution is -0.132. The van der Waals surface area contributed by atoms with E-state index in [-0.39, 0.29) is 30.4 Å². The molecule has 1 saturated heterocycles. The Morgan fingerprint density at radius 1 is 1.33 bits per heavy atom. The van der Waals surface area contributed by atoms with Crippen LogP contribution < -0.4 is 10.6 Å². The highest BCUT2D eigenvalue weighted by Gasteiger charge is 2.41. The van der Waals surface area contributed by atoms with Crippen LogP contribution in [0.5, 0.6) is 0 Å². The highest BCUT2D eigenvalue weighted by Crippen LogP contribution is 2.27. The highest BCUT2D eigenvalue weighted by molar-refractivity contribution is 5.85. The molecule has 2 aromatic rings. The second-order valence-electron chi connectivity index (χ2n) is 5.65. The van der Waals surface area contributed by atoms with Gasteiger partial charge in [0.2, 0.25) is 5.91 Å². The normalized spacial score (nSPS) is 16.2. The summed E-state index contributed by atoms with van der Waals surface area (Å²) in [5, 5.41) is 10.2. The van der Waals surface area contributed by atoms with Gasteiger partial charge in [0.25, 0.3) is 0 Å². The first-order chi connectivity index (χ1) is 11.1. The lowest BCUT2D eigenvalue weighted by atomic mass is 9.87. The molecule has 0 aliphatic carbocycles. The maximum atomic E-state index is 13.7. The fourth-order valence-corrected chi connectivity index (χ4v) is 2.94. The number of hydrogen-bond donors (Lipinski definition) is 2. The van der Waals surface area contributed by atoms with Crippen LogP contribution in [0.25, 0.3) is 0 Å². The van der Waals surface area contributed by atoms with Gasteiger partial charge in [-0.05, 0) is 50.2 Å². The number of nitrogens with one attached hydrogen (secondary N) is 2. The van der Waals surface area contributed by atoms with E-state index in [9.17, 15) is 13.6 Å². The number of carbonyl (C=O) groups is 1. The van der Waals surface area contributed by atoms with E-state index in [1.165, 1.54) is 0 Å². The van der Waals surface area contributed by atoms with Gasteiger partial charge in [0, 0.05) is 24.5 Å². The summed E-state index contributed by atoms with van der Waals surface area (Å²) < 4.78 is 28.6. The molecule has 1 amide bonds. The van der Waals surface area contributed by atoms with E-state index in [1.54, 1.807) is 23.1 Å². The van der Waals surface area contributed by atoms with Gasteiger partial charge in [-0.1, -0.05) is 0 Å². The summed E-state index contributed by atoms with van der Waals surface area (Å²) in [6, 6.07) is 4.98. The van der Waals surface area contributed by atoms with Crippen LogP contribution in [0.3, 0.4) is 0 Å². The van der Waals surface area contributed by atoms with E-state index in [1.807, 2.05) is 0 Å². The van der Waals surface area contributed by atoms with Gasteiger partial charge >= 0.3 is 0 Å².